The summed E-state index contributed by atoms with van der Waals surface area (Å²) in [5.41, 5.74) is 0.792. The van der Waals surface area contributed by atoms with Gasteiger partial charge in [-0.25, -0.2) is 0 Å². The Morgan fingerprint density at radius 3 is 3.11 bits per heavy atom. The van der Waals surface area contributed by atoms with Crippen molar-refractivity contribution in [2.75, 3.05) is 19.8 Å². The lowest BCUT2D eigenvalue weighted by Gasteiger charge is -2.10. The van der Waals surface area contributed by atoms with Crippen molar-refractivity contribution in [3.05, 3.63) is 36.5 Å². The van der Waals surface area contributed by atoms with Gasteiger partial charge in [-0.1, -0.05) is 18.2 Å². The number of nitrogens with zero attached hydrogens (tertiary/aromatic N) is 1. The fourth-order valence-electron chi connectivity index (χ4n) is 2.25. The summed E-state index contributed by atoms with van der Waals surface area (Å²) in [5, 5.41) is 1.01. The molecule has 1 aliphatic heterocycles. The van der Waals surface area contributed by atoms with Crippen molar-refractivity contribution in [1.82, 2.24) is 4.98 Å². The van der Waals surface area contributed by atoms with Crippen LogP contribution in [0.1, 0.15) is 6.42 Å². The van der Waals surface area contributed by atoms with Gasteiger partial charge >= 0.3 is 0 Å². The normalized spacial score (nSPS) is 18.6. The van der Waals surface area contributed by atoms with Gasteiger partial charge in [0.05, 0.1) is 6.61 Å². The molecule has 1 atom stereocenters. The number of aromatic nitrogens is 1. The number of rotatable bonds is 4. The van der Waals surface area contributed by atoms with Gasteiger partial charge in [-0.3, -0.25) is 9.78 Å². The number of carbonyl (C=O) groups excluding carboxylic acids is 1. The summed E-state index contributed by atoms with van der Waals surface area (Å²) >= 11 is 0. The largest absolute Gasteiger partial charge is 0.484 e. The van der Waals surface area contributed by atoms with Gasteiger partial charge in [0.15, 0.2) is 5.78 Å². The highest BCUT2D eigenvalue weighted by atomic mass is 16.5. The lowest BCUT2D eigenvalue weighted by Crippen LogP contribution is -2.21. The average Bonchev–Trinajstić information content (AvgIpc) is 2.99. The first-order valence-corrected chi connectivity index (χ1v) is 6.41. The Balaban J connectivity index is 1.73. The molecular formula is C15H15NO3. The van der Waals surface area contributed by atoms with Crippen LogP contribution in [-0.4, -0.2) is 30.6 Å². The molecule has 2 aromatic rings. The topological polar surface area (TPSA) is 48.4 Å². The highest BCUT2D eigenvalue weighted by Crippen LogP contribution is 2.23. The minimum Gasteiger partial charge on any atom is -0.484 e. The van der Waals surface area contributed by atoms with E-state index >= 15 is 0 Å². The fraction of sp³-hybridized carbons (Fsp3) is 0.333. The van der Waals surface area contributed by atoms with E-state index in [0.29, 0.717) is 19.0 Å². The minimum absolute atomic E-state index is 0.0112. The maximum atomic E-state index is 11.9. The van der Waals surface area contributed by atoms with Crippen LogP contribution >= 0.6 is 0 Å². The van der Waals surface area contributed by atoms with Crippen LogP contribution in [0.15, 0.2) is 36.5 Å². The quantitative estimate of drug-likeness (QED) is 0.842. The van der Waals surface area contributed by atoms with Gasteiger partial charge in [-0.2, -0.15) is 0 Å². The van der Waals surface area contributed by atoms with E-state index in [0.717, 1.165) is 17.3 Å². The number of ether oxygens (including phenoxy) is 2. The third-order valence-electron chi connectivity index (χ3n) is 3.35. The average molecular weight is 257 g/mol. The number of hydrogen-bond donors (Lipinski definition) is 0. The molecule has 0 spiro atoms. The van der Waals surface area contributed by atoms with Gasteiger partial charge in [0.2, 0.25) is 0 Å². The van der Waals surface area contributed by atoms with Crippen LogP contribution in [-0.2, 0) is 9.53 Å². The van der Waals surface area contributed by atoms with E-state index in [9.17, 15) is 4.79 Å². The molecule has 1 aromatic carbocycles. The lowest BCUT2D eigenvalue weighted by atomic mass is 10.0. The molecule has 0 saturated carbocycles. The molecule has 98 valence electrons. The molecule has 1 unspecified atom stereocenters. The van der Waals surface area contributed by atoms with Crippen LogP contribution < -0.4 is 4.74 Å². The molecule has 1 aliphatic rings. The van der Waals surface area contributed by atoms with Crippen molar-refractivity contribution >= 4 is 16.7 Å². The highest BCUT2D eigenvalue weighted by Gasteiger charge is 2.23. The van der Waals surface area contributed by atoms with Crippen molar-refractivity contribution < 1.29 is 14.3 Å². The predicted molar refractivity (Wildman–Crippen MR) is 71.2 cm³/mol. The minimum atomic E-state index is -0.0112. The molecule has 0 amide bonds. The number of Topliss-reactive ketones (excluding diaryl/α,β-unsaturated/α-hetero) is 1. The second-order valence-electron chi connectivity index (χ2n) is 4.65. The Labute approximate surface area is 111 Å². The second-order valence-corrected chi connectivity index (χ2v) is 4.65. The molecule has 1 aromatic heterocycles. The summed E-state index contributed by atoms with van der Waals surface area (Å²) in [6, 6.07) is 9.58. The molecule has 3 rings (SSSR count). The van der Waals surface area contributed by atoms with E-state index in [1.165, 1.54) is 0 Å². The number of pyridine rings is 1. The van der Waals surface area contributed by atoms with Crippen LogP contribution in [0.5, 0.6) is 5.75 Å². The van der Waals surface area contributed by atoms with Gasteiger partial charge in [-0.05, 0) is 18.6 Å². The number of hydrogen-bond acceptors (Lipinski definition) is 4. The summed E-state index contributed by atoms with van der Waals surface area (Å²) in [5.74, 6) is 0.749. The SMILES string of the molecule is O=C(COc1cccc2cccnc12)C1CCOC1. The molecular weight excluding hydrogens is 242 g/mol. The lowest BCUT2D eigenvalue weighted by molar-refractivity contribution is -0.124. The maximum absolute atomic E-state index is 11.9. The van der Waals surface area contributed by atoms with E-state index in [-0.39, 0.29) is 18.3 Å². The van der Waals surface area contributed by atoms with Crippen molar-refractivity contribution in [1.29, 1.82) is 0 Å². The Morgan fingerprint density at radius 2 is 2.26 bits per heavy atom. The molecule has 0 radical (unpaired) electrons. The fourth-order valence-corrected chi connectivity index (χ4v) is 2.25. The van der Waals surface area contributed by atoms with Crippen LogP contribution in [0, 0.1) is 5.92 Å². The molecule has 4 heteroatoms. The molecule has 0 aliphatic carbocycles. The Bertz CT molecular complexity index is 585. The van der Waals surface area contributed by atoms with Crippen LogP contribution in [0.25, 0.3) is 10.9 Å². The first-order chi connectivity index (χ1) is 9.34. The molecule has 0 N–H and O–H groups in total. The van der Waals surface area contributed by atoms with Crippen molar-refractivity contribution in [3.8, 4) is 5.75 Å². The van der Waals surface area contributed by atoms with E-state index in [2.05, 4.69) is 4.98 Å². The monoisotopic (exact) mass is 257 g/mol. The summed E-state index contributed by atoms with van der Waals surface area (Å²) in [4.78, 5) is 16.2. The van der Waals surface area contributed by atoms with Gasteiger partial charge in [0.25, 0.3) is 0 Å². The molecule has 2 heterocycles. The summed E-state index contributed by atoms with van der Waals surface area (Å²) in [6.45, 7) is 1.28. The van der Waals surface area contributed by atoms with E-state index in [4.69, 9.17) is 9.47 Å². The van der Waals surface area contributed by atoms with E-state index in [1.807, 2.05) is 30.3 Å². The van der Waals surface area contributed by atoms with Crippen LogP contribution in [0.4, 0.5) is 0 Å². The van der Waals surface area contributed by atoms with Gasteiger partial charge in [0.1, 0.15) is 17.9 Å². The molecule has 1 saturated heterocycles. The summed E-state index contributed by atoms with van der Waals surface area (Å²) < 4.78 is 10.8. The Kier molecular flexibility index (Phi) is 3.42. The number of ketones is 1. The van der Waals surface area contributed by atoms with E-state index in [1.54, 1.807) is 6.20 Å². The van der Waals surface area contributed by atoms with E-state index < -0.39 is 0 Å². The summed E-state index contributed by atoms with van der Waals surface area (Å²) in [7, 11) is 0. The van der Waals surface area contributed by atoms with Crippen molar-refractivity contribution in [3.63, 3.8) is 0 Å². The molecule has 19 heavy (non-hydrogen) atoms. The third kappa shape index (κ3) is 2.58. The zero-order valence-corrected chi connectivity index (χ0v) is 10.5. The number of fused-ring (bicyclic) bond motifs is 1. The third-order valence-corrected chi connectivity index (χ3v) is 3.35. The first-order valence-electron chi connectivity index (χ1n) is 6.41. The Hall–Kier alpha value is -1.94. The second kappa shape index (κ2) is 5.36. The highest BCUT2D eigenvalue weighted by molar-refractivity contribution is 5.86. The standard InChI is InChI=1S/C15H15NO3/c17-13(12-6-8-18-9-12)10-19-14-5-1-3-11-4-2-7-16-15(11)14/h1-5,7,12H,6,8-10H2. The molecule has 0 bridgehead atoms. The summed E-state index contributed by atoms with van der Waals surface area (Å²) in [6.07, 6.45) is 2.53. The predicted octanol–water partition coefficient (Wildman–Crippen LogP) is 2.22. The first kappa shape index (κ1) is 12.1. The Morgan fingerprint density at radius 1 is 1.37 bits per heavy atom. The maximum Gasteiger partial charge on any atom is 0.175 e. The molecule has 4 nitrogen and oxygen atoms in total. The van der Waals surface area contributed by atoms with Crippen LogP contribution in [0.3, 0.4) is 0 Å². The number of carbonyl (C=O) groups is 1. The number of para-hydroxylation sites is 1. The van der Waals surface area contributed by atoms with Gasteiger partial charge in [0, 0.05) is 24.1 Å². The smallest absolute Gasteiger partial charge is 0.175 e. The van der Waals surface area contributed by atoms with Gasteiger partial charge in [-0.15, -0.1) is 0 Å². The molecule has 1 fully saturated rings. The van der Waals surface area contributed by atoms with Crippen LogP contribution in [0.2, 0.25) is 0 Å². The van der Waals surface area contributed by atoms with Gasteiger partial charge < -0.3 is 9.47 Å². The zero-order valence-electron chi connectivity index (χ0n) is 10.5. The van der Waals surface area contributed by atoms with Crippen molar-refractivity contribution in [2.24, 2.45) is 5.92 Å². The zero-order chi connectivity index (χ0) is 13.1. The number of benzene rings is 1. The van der Waals surface area contributed by atoms with Crippen molar-refractivity contribution in [2.45, 2.75) is 6.42 Å².